The number of esters is 1. The zero-order chi connectivity index (χ0) is 15.9. The molecule has 0 aliphatic heterocycles. The summed E-state index contributed by atoms with van der Waals surface area (Å²) in [6.45, 7) is 4.48. The molecule has 0 aliphatic carbocycles. The molecule has 0 spiro atoms. The molecule has 0 saturated heterocycles. The van der Waals surface area contributed by atoms with Crippen molar-refractivity contribution in [3.8, 4) is 5.75 Å². The number of rotatable bonds is 8. The number of halogens is 2. The molecule has 0 fully saturated rings. The van der Waals surface area contributed by atoms with Crippen LogP contribution in [0.25, 0.3) is 0 Å². The van der Waals surface area contributed by atoms with Crippen molar-refractivity contribution in [3.05, 3.63) is 29.8 Å². The van der Waals surface area contributed by atoms with Crippen molar-refractivity contribution in [1.29, 1.82) is 0 Å². The highest BCUT2D eigenvalue weighted by molar-refractivity contribution is 5.80. The van der Waals surface area contributed by atoms with Gasteiger partial charge in [-0.3, -0.25) is 4.79 Å². The van der Waals surface area contributed by atoms with Crippen LogP contribution in [0.2, 0.25) is 0 Å². The molecule has 0 radical (unpaired) electrons. The van der Waals surface area contributed by atoms with Crippen LogP contribution >= 0.6 is 0 Å². The van der Waals surface area contributed by atoms with Gasteiger partial charge in [-0.05, 0) is 19.9 Å². The summed E-state index contributed by atoms with van der Waals surface area (Å²) in [6, 6.07) is 2.96. The van der Waals surface area contributed by atoms with E-state index in [2.05, 4.69) is 5.32 Å². The maximum atomic E-state index is 13.0. The maximum Gasteiger partial charge on any atom is 0.325 e. The second-order valence-corrected chi connectivity index (χ2v) is 4.95. The summed E-state index contributed by atoms with van der Waals surface area (Å²) in [5, 5.41) is 3.10. The summed E-state index contributed by atoms with van der Waals surface area (Å²) in [7, 11) is 1.32. The highest BCUT2D eigenvalue weighted by Gasteiger charge is 2.33. The Morgan fingerprint density at radius 3 is 2.43 bits per heavy atom. The van der Waals surface area contributed by atoms with E-state index < -0.39 is 23.1 Å². The first-order chi connectivity index (χ1) is 9.91. The number of carbonyl (C=O) groups is 1. The number of ether oxygens (including phenoxy) is 2. The van der Waals surface area contributed by atoms with E-state index in [-0.39, 0.29) is 12.4 Å². The molecule has 0 aliphatic rings. The molecule has 1 aromatic rings. The molecule has 1 aromatic carbocycles. The fourth-order valence-corrected chi connectivity index (χ4v) is 1.87. The van der Waals surface area contributed by atoms with Crippen molar-refractivity contribution < 1.29 is 23.0 Å². The summed E-state index contributed by atoms with van der Waals surface area (Å²) in [5.74, 6) is -1.71. The van der Waals surface area contributed by atoms with E-state index >= 15 is 0 Å². The zero-order valence-electron chi connectivity index (χ0n) is 12.5. The first kappa shape index (κ1) is 17.4. The predicted molar refractivity (Wildman–Crippen MR) is 75.2 cm³/mol. The highest BCUT2D eigenvalue weighted by Crippen LogP contribution is 2.18. The molecule has 0 saturated carbocycles. The van der Waals surface area contributed by atoms with Gasteiger partial charge in [-0.15, -0.1) is 0 Å². The molecule has 0 aromatic heterocycles. The van der Waals surface area contributed by atoms with Crippen molar-refractivity contribution >= 4 is 5.97 Å². The Morgan fingerprint density at radius 2 is 1.90 bits per heavy atom. The third kappa shape index (κ3) is 5.30. The smallest absolute Gasteiger partial charge is 0.325 e. The van der Waals surface area contributed by atoms with Crippen LogP contribution in [0.15, 0.2) is 18.2 Å². The number of carbonyl (C=O) groups excluding carboxylic acids is 1. The van der Waals surface area contributed by atoms with Crippen LogP contribution in [0.3, 0.4) is 0 Å². The number of hydrogen-bond acceptors (Lipinski definition) is 4. The Bertz CT molecular complexity index is 462. The highest BCUT2D eigenvalue weighted by atomic mass is 19.1. The molecule has 1 atom stereocenters. The van der Waals surface area contributed by atoms with Crippen LogP contribution in [-0.4, -0.2) is 31.8 Å². The molecule has 21 heavy (non-hydrogen) atoms. The van der Waals surface area contributed by atoms with E-state index in [0.29, 0.717) is 13.0 Å². The number of hydrogen-bond donors (Lipinski definition) is 1. The van der Waals surface area contributed by atoms with E-state index in [1.807, 2.05) is 6.92 Å². The average molecular weight is 301 g/mol. The molecule has 1 rings (SSSR count). The molecule has 0 bridgehead atoms. The molecular formula is C15H21F2NO3. The topological polar surface area (TPSA) is 47.6 Å². The van der Waals surface area contributed by atoms with Crippen LogP contribution in [0.4, 0.5) is 8.78 Å². The van der Waals surface area contributed by atoms with Crippen molar-refractivity contribution in [3.63, 3.8) is 0 Å². The first-order valence-corrected chi connectivity index (χ1v) is 6.83. The van der Waals surface area contributed by atoms with Gasteiger partial charge >= 0.3 is 5.97 Å². The predicted octanol–water partition coefficient (Wildman–Crippen LogP) is 2.67. The molecule has 1 unspecified atom stereocenters. The van der Waals surface area contributed by atoms with Crippen LogP contribution in [-0.2, 0) is 9.53 Å². The Labute approximate surface area is 123 Å². The first-order valence-electron chi connectivity index (χ1n) is 6.83. The summed E-state index contributed by atoms with van der Waals surface area (Å²) in [5.41, 5.74) is -0.892. The molecule has 6 heteroatoms. The van der Waals surface area contributed by atoms with E-state index in [4.69, 9.17) is 9.47 Å². The van der Waals surface area contributed by atoms with Crippen LogP contribution in [0.5, 0.6) is 5.75 Å². The van der Waals surface area contributed by atoms with Crippen molar-refractivity contribution in [2.75, 3.05) is 20.3 Å². The van der Waals surface area contributed by atoms with Gasteiger partial charge in [-0.2, -0.15) is 0 Å². The Hall–Kier alpha value is -1.69. The van der Waals surface area contributed by atoms with Crippen LogP contribution < -0.4 is 10.1 Å². The number of nitrogens with one attached hydrogen (secondary N) is 1. The van der Waals surface area contributed by atoms with E-state index in [9.17, 15) is 13.6 Å². The SMILES string of the molecule is CCCNC(C)(CCOc1cc(F)cc(F)c1)C(=O)OC. The van der Waals surface area contributed by atoms with E-state index in [0.717, 1.165) is 24.6 Å². The maximum absolute atomic E-state index is 13.0. The van der Waals surface area contributed by atoms with Crippen molar-refractivity contribution in [2.24, 2.45) is 0 Å². The summed E-state index contributed by atoms with van der Waals surface area (Å²) in [6.07, 6.45) is 1.18. The summed E-state index contributed by atoms with van der Waals surface area (Å²) in [4.78, 5) is 11.8. The van der Waals surface area contributed by atoms with Gasteiger partial charge in [-0.25, -0.2) is 8.78 Å². The van der Waals surface area contributed by atoms with Gasteiger partial charge in [0, 0.05) is 24.6 Å². The molecule has 4 nitrogen and oxygen atoms in total. The molecule has 0 heterocycles. The quantitative estimate of drug-likeness (QED) is 0.750. The van der Waals surface area contributed by atoms with Gasteiger partial charge in [0.15, 0.2) is 0 Å². The van der Waals surface area contributed by atoms with Crippen LogP contribution in [0, 0.1) is 11.6 Å². The fraction of sp³-hybridized carbons (Fsp3) is 0.533. The van der Waals surface area contributed by atoms with Gasteiger partial charge < -0.3 is 14.8 Å². The zero-order valence-corrected chi connectivity index (χ0v) is 12.5. The largest absolute Gasteiger partial charge is 0.493 e. The lowest BCUT2D eigenvalue weighted by Gasteiger charge is -2.27. The van der Waals surface area contributed by atoms with Gasteiger partial charge in [0.2, 0.25) is 0 Å². The average Bonchev–Trinajstić information content (AvgIpc) is 2.43. The monoisotopic (exact) mass is 301 g/mol. The lowest BCUT2D eigenvalue weighted by molar-refractivity contribution is -0.148. The minimum absolute atomic E-state index is 0.0928. The van der Waals surface area contributed by atoms with Gasteiger partial charge in [0.1, 0.15) is 22.9 Å². The van der Waals surface area contributed by atoms with Crippen molar-refractivity contribution in [1.82, 2.24) is 5.32 Å². The minimum Gasteiger partial charge on any atom is -0.493 e. The summed E-state index contributed by atoms with van der Waals surface area (Å²) >= 11 is 0. The molecule has 118 valence electrons. The third-order valence-corrected chi connectivity index (χ3v) is 3.11. The number of benzene rings is 1. The van der Waals surface area contributed by atoms with Crippen LogP contribution in [0.1, 0.15) is 26.7 Å². The molecular weight excluding hydrogens is 280 g/mol. The Morgan fingerprint density at radius 1 is 1.29 bits per heavy atom. The Balaban J connectivity index is 2.62. The van der Waals surface area contributed by atoms with Crippen molar-refractivity contribution in [2.45, 2.75) is 32.2 Å². The molecule has 1 N–H and O–H groups in total. The summed E-state index contributed by atoms with van der Waals surface area (Å²) < 4.78 is 36.2. The van der Waals surface area contributed by atoms with Gasteiger partial charge in [-0.1, -0.05) is 6.92 Å². The molecule has 0 amide bonds. The standard InChI is InChI=1S/C15H21F2NO3/c1-4-6-18-15(2,14(19)20-3)5-7-21-13-9-11(16)8-12(17)10-13/h8-10,18H,4-7H2,1-3H3. The third-order valence-electron chi connectivity index (χ3n) is 3.11. The second kappa shape index (κ2) is 7.93. The van der Waals surface area contributed by atoms with E-state index in [1.165, 1.54) is 7.11 Å². The normalized spacial score (nSPS) is 13.6. The van der Waals surface area contributed by atoms with E-state index in [1.54, 1.807) is 6.92 Å². The lowest BCUT2D eigenvalue weighted by atomic mass is 9.98. The lowest BCUT2D eigenvalue weighted by Crippen LogP contribution is -2.51. The Kier molecular flexibility index (Phi) is 6.55. The minimum atomic E-state index is -0.892. The van der Waals surface area contributed by atoms with Gasteiger partial charge in [0.25, 0.3) is 0 Å². The van der Waals surface area contributed by atoms with Gasteiger partial charge in [0.05, 0.1) is 13.7 Å². The fourth-order valence-electron chi connectivity index (χ4n) is 1.87. The second-order valence-electron chi connectivity index (χ2n) is 4.95. The number of methoxy groups -OCH3 is 1.